The van der Waals surface area contributed by atoms with Gasteiger partial charge in [-0.3, -0.25) is 0 Å². The summed E-state index contributed by atoms with van der Waals surface area (Å²) in [6, 6.07) is 8.79. The molecule has 24 heavy (non-hydrogen) atoms. The molecule has 3 rings (SSSR count). The van der Waals surface area contributed by atoms with Crippen molar-refractivity contribution in [3.8, 4) is 17.0 Å². The van der Waals surface area contributed by atoms with E-state index in [1.807, 2.05) is 0 Å². The highest BCUT2D eigenvalue weighted by Crippen LogP contribution is 2.29. The molecule has 0 unspecified atom stereocenters. The molecule has 0 amide bonds. The second-order valence-electron chi connectivity index (χ2n) is 5.14. The maximum atomic E-state index is 13.1. The highest BCUT2D eigenvalue weighted by molar-refractivity contribution is 5.67. The second kappa shape index (κ2) is 5.63. The molecule has 0 saturated carbocycles. The Morgan fingerprint density at radius 2 is 1.75 bits per heavy atom. The van der Waals surface area contributed by atoms with Gasteiger partial charge in [-0.2, -0.15) is 22.1 Å². The van der Waals surface area contributed by atoms with Gasteiger partial charge < -0.3 is 5.11 Å². The molecule has 0 radical (unpaired) electrons. The van der Waals surface area contributed by atoms with Crippen LogP contribution >= 0.6 is 0 Å². The van der Waals surface area contributed by atoms with Crippen LogP contribution in [-0.2, 0) is 6.54 Å². The highest BCUT2D eigenvalue weighted by Gasteiger charge is 2.36. The van der Waals surface area contributed by atoms with Crippen LogP contribution in [-0.4, -0.2) is 15.8 Å². The number of fused-ring (bicyclic) bond motifs is 1. The van der Waals surface area contributed by atoms with Crippen molar-refractivity contribution in [1.82, 2.24) is 4.57 Å². The van der Waals surface area contributed by atoms with Crippen molar-refractivity contribution >= 4 is 5.65 Å². The predicted octanol–water partition coefficient (Wildman–Crippen LogP) is 2.66. The van der Waals surface area contributed by atoms with E-state index in [-0.39, 0.29) is 16.8 Å². The van der Waals surface area contributed by atoms with Gasteiger partial charge in [0, 0.05) is 6.07 Å². The fraction of sp³-hybridized carbons (Fsp3) is 0.125. The molecule has 1 N–H and O–H groups in total. The van der Waals surface area contributed by atoms with E-state index >= 15 is 0 Å². The van der Waals surface area contributed by atoms with Crippen molar-refractivity contribution < 1.29 is 27.1 Å². The first-order chi connectivity index (χ1) is 11.3. The molecule has 0 aliphatic carbocycles. The van der Waals surface area contributed by atoms with Gasteiger partial charge in [-0.25, -0.2) is 9.18 Å². The molecule has 1 aromatic carbocycles. The molecule has 0 spiro atoms. The molecule has 2 aromatic heterocycles. The van der Waals surface area contributed by atoms with Gasteiger partial charge in [0.25, 0.3) is 11.5 Å². The Hall–Kier alpha value is -2.90. The van der Waals surface area contributed by atoms with Gasteiger partial charge in [0.2, 0.25) is 0 Å². The number of halogens is 4. The topological polar surface area (TPSA) is 46.3 Å². The lowest BCUT2D eigenvalue weighted by Gasteiger charge is -2.11. The van der Waals surface area contributed by atoms with Gasteiger partial charge in [0.15, 0.2) is 12.1 Å². The summed E-state index contributed by atoms with van der Waals surface area (Å²) in [7, 11) is 0. The minimum Gasteiger partial charge on any atom is -0.477 e. The summed E-state index contributed by atoms with van der Waals surface area (Å²) < 4.78 is 53.3. The van der Waals surface area contributed by atoms with Crippen molar-refractivity contribution in [2.45, 2.75) is 12.7 Å². The molecule has 0 bridgehead atoms. The van der Waals surface area contributed by atoms with Crippen LogP contribution < -0.4 is 9.96 Å². The van der Waals surface area contributed by atoms with Crippen molar-refractivity contribution in [1.29, 1.82) is 0 Å². The lowest BCUT2D eigenvalue weighted by molar-refractivity contribution is -0.532. The minimum absolute atomic E-state index is 0.108. The Kier molecular flexibility index (Phi) is 3.75. The van der Waals surface area contributed by atoms with Crippen LogP contribution in [0, 0.1) is 5.82 Å². The monoisotopic (exact) mass is 339 g/mol. The van der Waals surface area contributed by atoms with Crippen LogP contribution in [0.2, 0.25) is 0 Å². The molecule has 0 aliphatic rings. The van der Waals surface area contributed by atoms with Crippen molar-refractivity contribution in [2.75, 3.05) is 0 Å². The number of pyridine rings is 1. The molecule has 2 heterocycles. The molecule has 3 aromatic rings. The van der Waals surface area contributed by atoms with E-state index in [2.05, 4.69) is 0 Å². The quantitative estimate of drug-likeness (QED) is 0.576. The van der Waals surface area contributed by atoms with E-state index in [9.17, 15) is 27.5 Å². The second-order valence-corrected chi connectivity index (χ2v) is 5.14. The first-order valence-corrected chi connectivity index (χ1v) is 6.87. The van der Waals surface area contributed by atoms with Crippen molar-refractivity contribution in [3.63, 3.8) is 0 Å². The van der Waals surface area contributed by atoms with Crippen LogP contribution in [0.15, 0.2) is 53.5 Å². The first-order valence-electron chi connectivity index (χ1n) is 6.87. The van der Waals surface area contributed by atoms with E-state index in [1.54, 1.807) is 0 Å². The predicted molar refractivity (Wildman–Crippen MR) is 77.0 cm³/mol. The Labute approximate surface area is 132 Å². The van der Waals surface area contributed by atoms with E-state index in [1.165, 1.54) is 36.5 Å². The summed E-state index contributed by atoms with van der Waals surface area (Å²) in [6.07, 6.45) is -3.30. The Balaban J connectivity index is 2.38. The number of benzene rings is 1. The fourth-order valence-corrected chi connectivity index (χ4v) is 2.49. The number of hydrogen-bond acceptors (Lipinski definition) is 2. The summed E-state index contributed by atoms with van der Waals surface area (Å²) >= 11 is 0. The number of nitrogens with zero attached hydrogens (tertiary/aromatic N) is 2. The zero-order valence-electron chi connectivity index (χ0n) is 12.1. The molecular formula is C16H11F4N2O2+. The third kappa shape index (κ3) is 2.82. The third-order valence-electron chi connectivity index (χ3n) is 3.50. The highest BCUT2D eigenvalue weighted by atomic mass is 19.4. The normalized spacial score (nSPS) is 11.8. The molecule has 0 aliphatic heterocycles. The summed E-state index contributed by atoms with van der Waals surface area (Å²) in [4.78, 5) is 12.6. The lowest BCUT2D eigenvalue weighted by atomic mass is 10.1. The summed E-state index contributed by atoms with van der Waals surface area (Å²) in [5.41, 5.74) is -1.02. The fourth-order valence-electron chi connectivity index (χ4n) is 2.49. The van der Waals surface area contributed by atoms with Crippen molar-refractivity contribution in [2.24, 2.45) is 0 Å². The number of alkyl halides is 3. The number of rotatable bonds is 2. The van der Waals surface area contributed by atoms with Crippen LogP contribution in [0.3, 0.4) is 0 Å². The lowest BCUT2D eigenvalue weighted by Crippen LogP contribution is -2.44. The summed E-state index contributed by atoms with van der Waals surface area (Å²) in [5, 5.41) is 10.3. The minimum atomic E-state index is -4.60. The Bertz CT molecular complexity index is 963. The average molecular weight is 339 g/mol. The van der Waals surface area contributed by atoms with E-state index < -0.39 is 30.0 Å². The molecular weight excluding hydrogens is 328 g/mol. The van der Waals surface area contributed by atoms with Crippen LogP contribution in [0.1, 0.15) is 0 Å². The van der Waals surface area contributed by atoms with E-state index in [0.29, 0.717) is 4.57 Å². The Morgan fingerprint density at radius 1 is 1.08 bits per heavy atom. The van der Waals surface area contributed by atoms with E-state index in [0.717, 1.165) is 16.5 Å². The van der Waals surface area contributed by atoms with Crippen molar-refractivity contribution in [3.05, 3.63) is 64.8 Å². The van der Waals surface area contributed by atoms with Crippen LogP contribution in [0.5, 0.6) is 5.88 Å². The molecule has 0 fully saturated rings. The van der Waals surface area contributed by atoms with Gasteiger partial charge in [-0.1, -0.05) is 18.2 Å². The van der Waals surface area contributed by atoms with Gasteiger partial charge in [0.05, 0.1) is 6.20 Å². The molecule has 8 heteroatoms. The molecule has 124 valence electrons. The molecule has 0 atom stereocenters. The van der Waals surface area contributed by atoms with Gasteiger partial charge in [-0.15, -0.1) is 0 Å². The summed E-state index contributed by atoms with van der Waals surface area (Å²) in [5.74, 6) is -1.39. The van der Waals surface area contributed by atoms with Gasteiger partial charge in [0.1, 0.15) is 5.82 Å². The largest absolute Gasteiger partial charge is 0.477 e. The SMILES string of the molecule is O=c1c(-c2ccc(F)cc2)c(O)n(CC(F)(F)F)c2cccc[n+]12. The summed E-state index contributed by atoms with van der Waals surface area (Å²) in [6.45, 7) is -1.47. The van der Waals surface area contributed by atoms with Crippen LogP contribution in [0.4, 0.5) is 17.6 Å². The number of aromatic hydroxyl groups is 1. The standard InChI is InChI=1S/C16H10F4N2O2/c17-11-6-4-10(5-7-11)13-14(23)21-8-2-1-3-12(21)22(15(13)24)9-16(18,19)20/h1-8H,9H2/p+1. The molecule has 4 nitrogen and oxygen atoms in total. The maximum Gasteiger partial charge on any atom is 0.426 e. The van der Waals surface area contributed by atoms with Gasteiger partial charge >= 0.3 is 11.7 Å². The third-order valence-corrected chi connectivity index (χ3v) is 3.50. The maximum absolute atomic E-state index is 13.1. The average Bonchev–Trinajstić information content (AvgIpc) is 2.52. The van der Waals surface area contributed by atoms with Crippen LogP contribution in [0.25, 0.3) is 16.8 Å². The zero-order valence-corrected chi connectivity index (χ0v) is 12.1. The number of aromatic nitrogens is 2. The first kappa shape index (κ1) is 16.0. The number of hydrogen-bond donors (Lipinski definition) is 1. The Morgan fingerprint density at radius 3 is 2.38 bits per heavy atom. The van der Waals surface area contributed by atoms with Gasteiger partial charge in [-0.05, 0) is 23.8 Å². The zero-order chi connectivity index (χ0) is 17.5. The van der Waals surface area contributed by atoms with E-state index in [4.69, 9.17) is 0 Å². The smallest absolute Gasteiger partial charge is 0.426 e. The molecule has 0 saturated heterocycles.